The van der Waals surface area contributed by atoms with Crippen LogP contribution in [0.2, 0.25) is 0 Å². The molecule has 0 bridgehead atoms. The second-order valence-electron chi connectivity index (χ2n) is 9.41. The highest BCUT2D eigenvalue weighted by molar-refractivity contribution is 5.79. The monoisotopic (exact) mass is 427 g/mol. The Morgan fingerprint density at radius 2 is 1.90 bits per heavy atom. The third kappa shape index (κ3) is 9.49. The number of amides is 1. The van der Waals surface area contributed by atoms with Crippen LogP contribution in [0.25, 0.3) is 0 Å². The van der Waals surface area contributed by atoms with Gasteiger partial charge in [0.05, 0.1) is 25.4 Å². The predicted molar refractivity (Wildman–Crippen MR) is 118 cm³/mol. The van der Waals surface area contributed by atoms with E-state index >= 15 is 0 Å². The minimum Gasteiger partial charge on any atom is -0.444 e. The SMILES string of the molecule is CCNC(=NCC(C)(O)CN1CCOCC1)NCCN(C(=O)OC(C)(C)C)C1CC1. The Hall–Kier alpha value is -1.58. The zero-order chi connectivity index (χ0) is 22.2. The molecule has 1 aliphatic heterocycles. The molecule has 0 aromatic rings. The molecular weight excluding hydrogens is 386 g/mol. The van der Waals surface area contributed by atoms with Crippen molar-refractivity contribution in [1.82, 2.24) is 20.4 Å². The number of hydrogen-bond acceptors (Lipinski definition) is 6. The maximum atomic E-state index is 12.5. The van der Waals surface area contributed by atoms with E-state index < -0.39 is 11.2 Å². The molecule has 1 saturated carbocycles. The van der Waals surface area contributed by atoms with E-state index in [1.807, 2.05) is 34.6 Å². The molecule has 1 amide bonds. The smallest absolute Gasteiger partial charge is 0.410 e. The van der Waals surface area contributed by atoms with Crippen LogP contribution in [-0.4, -0.2) is 103 Å². The van der Waals surface area contributed by atoms with E-state index in [4.69, 9.17) is 9.47 Å². The standard InChI is InChI=1S/C21H41N5O4/c1-6-22-18(24-15-21(5,28)16-25-11-13-29-14-12-25)23-9-10-26(17-7-8-17)19(27)30-20(2,3)4/h17,28H,6-16H2,1-5H3,(H2,22,23,24). The van der Waals surface area contributed by atoms with Crippen LogP contribution in [0.3, 0.4) is 0 Å². The molecule has 0 aromatic heterocycles. The van der Waals surface area contributed by atoms with Crippen molar-refractivity contribution in [3.05, 3.63) is 0 Å². The van der Waals surface area contributed by atoms with Crippen LogP contribution in [-0.2, 0) is 9.47 Å². The number of ether oxygens (including phenoxy) is 2. The van der Waals surface area contributed by atoms with Gasteiger partial charge in [-0.05, 0) is 47.5 Å². The van der Waals surface area contributed by atoms with Gasteiger partial charge in [-0.15, -0.1) is 0 Å². The highest BCUT2D eigenvalue weighted by atomic mass is 16.6. The van der Waals surface area contributed by atoms with E-state index in [1.165, 1.54) is 0 Å². The van der Waals surface area contributed by atoms with Gasteiger partial charge >= 0.3 is 6.09 Å². The van der Waals surface area contributed by atoms with Gasteiger partial charge in [-0.1, -0.05) is 0 Å². The highest BCUT2D eigenvalue weighted by Gasteiger charge is 2.35. The lowest BCUT2D eigenvalue weighted by atomic mass is 10.1. The molecule has 2 aliphatic rings. The Morgan fingerprint density at radius 3 is 2.47 bits per heavy atom. The van der Waals surface area contributed by atoms with Crippen molar-refractivity contribution < 1.29 is 19.4 Å². The maximum absolute atomic E-state index is 12.5. The van der Waals surface area contributed by atoms with Crippen LogP contribution in [0.15, 0.2) is 4.99 Å². The van der Waals surface area contributed by atoms with Crippen LogP contribution in [0.5, 0.6) is 0 Å². The molecule has 1 aliphatic carbocycles. The fourth-order valence-electron chi connectivity index (χ4n) is 3.31. The second-order valence-corrected chi connectivity index (χ2v) is 9.41. The molecular formula is C21H41N5O4. The maximum Gasteiger partial charge on any atom is 0.410 e. The van der Waals surface area contributed by atoms with Gasteiger partial charge in [-0.3, -0.25) is 9.89 Å². The minimum atomic E-state index is -0.920. The van der Waals surface area contributed by atoms with Gasteiger partial charge in [0, 0.05) is 45.3 Å². The average Bonchev–Trinajstić information content (AvgIpc) is 3.47. The van der Waals surface area contributed by atoms with Gasteiger partial charge in [0.1, 0.15) is 5.60 Å². The number of carbonyl (C=O) groups is 1. The zero-order valence-corrected chi connectivity index (χ0v) is 19.4. The number of β-amino-alcohol motifs (C(OH)–C–C–N with tert-alkyl or cyclic N) is 1. The summed E-state index contributed by atoms with van der Waals surface area (Å²) in [7, 11) is 0. The first kappa shape index (κ1) is 24.7. The molecule has 1 saturated heterocycles. The molecule has 174 valence electrons. The molecule has 2 fully saturated rings. The lowest BCUT2D eigenvalue weighted by molar-refractivity contribution is -0.0180. The van der Waals surface area contributed by atoms with Gasteiger partial charge in [-0.25, -0.2) is 4.79 Å². The average molecular weight is 428 g/mol. The topological polar surface area (TPSA) is 98.7 Å². The summed E-state index contributed by atoms with van der Waals surface area (Å²) in [4.78, 5) is 21.0. The summed E-state index contributed by atoms with van der Waals surface area (Å²) in [5.41, 5.74) is -1.42. The number of aliphatic imine (C=N–C) groups is 1. The number of aliphatic hydroxyl groups is 1. The van der Waals surface area contributed by atoms with Crippen molar-refractivity contribution in [2.24, 2.45) is 4.99 Å². The fourth-order valence-corrected chi connectivity index (χ4v) is 3.31. The summed E-state index contributed by atoms with van der Waals surface area (Å²) >= 11 is 0. The second kappa shape index (κ2) is 11.2. The van der Waals surface area contributed by atoms with Crippen molar-refractivity contribution in [1.29, 1.82) is 0 Å². The highest BCUT2D eigenvalue weighted by Crippen LogP contribution is 2.28. The Balaban J connectivity index is 1.83. The molecule has 30 heavy (non-hydrogen) atoms. The summed E-state index contributed by atoms with van der Waals surface area (Å²) < 4.78 is 10.9. The first-order valence-corrected chi connectivity index (χ1v) is 11.1. The number of morpholine rings is 1. The van der Waals surface area contributed by atoms with Crippen LogP contribution in [0, 0.1) is 0 Å². The third-order valence-electron chi connectivity index (χ3n) is 4.85. The minimum absolute atomic E-state index is 0.262. The van der Waals surface area contributed by atoms with Crippen molar-refractivity contribution in [2.45, 2.75) is 64.7 Å². The summed E-state index contributed by atoms with van der Waals surface area (Å²) in [5, 5.41) is 17.2. The van der Waals surface area contributed by atoms with E-state index in [2.05, 4.69) is 20.5 Å². The molecule has 0 radical (unpaired) electrons. The molecule has 1 unspecified atom stereocenters. The summed E-state index contributed by atoms with van der Waals surface area (Å²) in [5.74, 6) is 0.639. The van der Waals surface area contributed by atoms with Gasteiger partial charge in [0.15, 0.2) is 5.96 Å². The molecule has 3 N–H and O–H groups in total. The van der Waals surface area contributed by atoms with Crippen LogP contribution >= 0.6 is 0 Å². The van der Waals surface area contributed by atoms with E-state index in [9.17, 15) is 9.90 Å². The van der Waals surface area contributed by atoms with Gasteiger partial charge in [0.2, 0.25) is 0 Å². The largest absolute Gasteiger partial charge is 0.444 e. The van der Waals surface area contributed by atoms with Gasteiger partial charge < -0.3 is 30.1 Å². The third-order valence-corrected chi connectivity index (χ3v) is 4.85. The van der Waals surface area contributed by atoms with Gasteiger partial charge in [0.25, 0.3) is 0 Å². The molecule has 9 nitrogen and oxygen atoms in total. The number of rotatable bonds is 9. The Morgan fingerprint density at radius 1 is 1.23 bits per heavy atom. The summed E-state index contributed by atoms with van der Waals surface area (Å²) in [6.45, 7) is 15.2. The summed E-state index contributed by atoms with van der Waals surface area (Å²) in [6, 6.07) is 0.274. The van der Waals surface area contributed by atoms with Crippen molar-refractivity contribution in [3.8, 4) is 0 Å². The van der Waals surface area contributed by atoms with E-state index in [0.717, 1.165) is 32.5 Å². The summed E-state index contributed by atoms with van der Waals surface area (Å²) in [6.07, 6.45) is 1.79. The van der Waals surface area contributed by atoms with E-state index in [-0.39, 0.29) is 18.7 Å². The fraction of sp³-hybridized carbons (Fsp3) is 0.905. The normalized spacial score (nSPS) is 20.4. The Kier molecular flexibility index (Phi) is 9.18. The Bertz CT molecular complexity index is 566. The van der Waals surface area contributed by atoms with Crippen molar-refractivity contribution >= 4 is 12.1 Å². The van der Waals surface area contributed by atoms with Crippen LogP contribution in [0.1, 0.15) is 47.5 Å². The quantitative estimate of drug-likeness (QED) is 0.373. The Labute approximate surface area is 181 Å². The molecule has 1 atom stereocenters. The lowest BCUT2D eigenvalue weighted by Crippen LogP contribution is -2.48. The number of nitrogens with one attached hydrogen (secondary N) is 2. The van der Waals surface area contributed by atoms with E-state index in [1.54, 1.807) is 4.90 Å². The van der Waals surface area contributed by atoms with Crippen LogP contribution < -0.4 is 10.6 Å². The number of guanidine groups is 1. The van der Waals surface area contributed by atoms with Crippen molar-refractivity contribution in [2.75, 3.05) is 59.0 Å². The van der Waals surface area contributed by atoms with Gasteiger partial charge in [-0.2, -0.15) is 0 Å². The molecule has 0 spiro atoms. The molecule has 9 heteroatoms. The number of nitrogens with zero attached hydrogens (tertiary/aromatic N) is 3. The first-order chi connectivity index (χ1) is 14.1. The molecule has 2 rings (SSSR count). The molecule has 0 aromatic carbocycles. The van der Waals surface area contributed by atoms with Crippen LogP contribution in [0.4, 0.5) is 4.79 Å². The number of hydrogen-bond donors (Lipinski definition) is 3. The molecule has 1 heterocycles. The zero-order valence-electron chi connectivity index (χ0n) is 19.4. The predicted octanol–water partition coefficient (Wildman–Crippen LogP) is 1.02. The first-order valence-electron chi connectivity index (χ1n) is 11.1. The number of carbonyl (C=O) groups excluding carboxylic acids is 1. The lowest BCUT2D eigenvalue weighted by Gasteiger charge is -2.33. The van der Waals surface area contributed by atoms with Crippen molar-refractivity contribution in [3.63, 3.8) is 0 Å². The van der Waals surface area contributed by atoms with E-state index in [0.29, 0.717) is 38.8 Å².